The van der Waals surface area contributed by atoms with Crippen molar-refractivity contribution in [1.82, 2.24) is 10.2 Å². The summed E-state index contributed by atoms with van der Waals surface area (Å²) in [6.07, 6.45) is 0.703. The highest BCUT2D eigenvalue weighted by Crippen LogP contribution is 2.25. The normalized spacial score (nSPS) is 12.9. The Bertz CT molecular complexity index is 1350. The van der Waals surface area contributed by atoms with Gasteiger partial charge >= 0.3 is 0 Å². The van der Waals surface area contributed by atoms with Crippen LogP contribution in [0.5, 0.6) is 0 Å². The zero-order valence-corrected chi connectivity index (χ0v) is 23.0. The van der Waals surface area contributed by atoms with Crippen LogP contribution in [0.15, 0.2) is 83.8 Å². The van der Waals surface area contributed by atoms with Crippen molar-refractivity contribution in [2.75, 3.05) is 10.8 Å². The van der Waals surface area contributed by atoms with E-state index in [1.165, 1.54) is 29.2 Å². The number of sulfonamides is 1. The number of hydrogen-bond donors (Lipinski definition) is 1. The number of nitrogens with zero attached hydrogens (tertiary/aromatic N) is 2. The Balaban J connectivity index is 2.01. The van der Waals surface area contributed by atoms with Crippen LogP contribution >= 0.6 is 11.6 Å². The average molecular weight is 560 g/mol. The van der Waals surface area contributed by atoms with Gasteiger partial charge in [-0.05, 0) is 74.4 Å². The van der Waals surface area contributed by atoms with E-state index in [4.69, 9.17) is 11.6 Å². The van der Waals surface area contributed by atoms with Crippen LogP contribution in [-0.4, -0.2) is 43.8 Å². The van der Waals surface area contributed by atoms with Gasteiger partial charge < -0.3 is 10.2 Å². The third kappa shape index (κ3) is 7.33. The predicted molar refractivity (Wildman–Crippen MR) is 147 cm³/mol. The van der Waals surface area contributed by atoms with Gasteiger partial charge in [-0.15, -0.1) is 0 Å². The molecule has 0 bridgehead atoms. The minimum Gasteiger partial charge on any atom is -0.352 e. The number of anilines is 1. The number of amides is 2. The molecule has 10 heteroatoms. The Morgan fingerprint density at radius 1 is 0.974 bits per heavy atom. The van der Waals surface area contributed by atoms with Gasteiger partial charge in [0.25, 0.3) is 10.0 Å². The zero-order chi connectivity index (χ0) is 27.9. The summed E-state index contributed by atoms with van der Waals surface area (Å²) < 4.78 is 41.9. The highest BCUT2D eigenvalue weighted by atomic mass is 35.5. The molecule has 3 rings (SSSR count). The third-order valence-corrected chi connectivity index (χ3v) is 8.16. The number of hydrogen-bond acceptors (Lipinski definition) is 4. The van der Waals surface area contributed by atoms with Gasteiger partial charge in [0.1, 0.15) is 18.4 Å². The maximum atomic E-state index is 13.8. The minimum absolute atomic E-state index is 0.0249. The molecule has 202 valence electrons. The lowest BCUT2D eigenvalue weighted by atomic mass is 10.1. The molecule has 0 saturated heterocycles. The van der Waals surface area contributed by atoms with Gasteiger partial charge in [-0.25, -0.2) is 12.8 Å². The van der Waals surface area contributed by atoms with E-state index in [2.05, 4.69) is 5.32 Å². The lowest BCUT2D eigenvalue weighted by Crippen LogP contribution is -2.52. The van der Waals surface area contributed by atoms with Crippen molar-refractivity contribution in [2.24, 2.45) is 0 Å². The second-order valence-electron chi connectivity index (χ2n) is 8.95. The SMILES string of the molecule is CC[C@H](C)NC(=O)[C@@H](C)N(Cc1cccc(Cl)c1)C(=O)CN(c1ccc(F)cc1)S(=O)(=O)c1ccccc1. The molecule has 3 aromatic rings. The summed E-state index contributed by atoms with van der Waals surface area (Å²) in [6.45, 7) is 4.80. The van der Waals surface area contributed by atoms with E-state index in [1.807, 2.05) is 13.8 Å². The first kappa shape index (κ1) is 29.1. The van der Waals surface area contributed by atoms with Gasteiger partial charge in [0.05, 0.1) is 10.6 Å². The zero-order valence-electron chi connectivity index (χ0n) is 21.5. The van der Waals surface area contributed by atoms with Crippen molar-refractivity contribution in [3.8, 4) is 0 Å². The van der Waals surface area contributed by atoms with Gasteiger partial charge in [0, 0.05) is 17.6 Å². The van der Waals surface area contributed by atoms with Crippen molar-refractivity contribution >= 4 is 39.1 Å². The van der Waals surface area contributed by atoms with E-state index in [0.29, 0.717) is 17.0 Å². The first-order valence-electron chi connectivity index (χ1n) is 12.2. The second-order valence-corrected chi connectivity index (χ2v) is 11.2. The number of benzene rings is 3. The van der Waals surface area contributed by atoms with E-state index >= 15 is 0 Å². The smallest absolute Gasteiger partial charge is 0.264 e. The first-order valence-corrected chi connectivity index (χ1v) is 14.0. The van der Waals surface area contributed by atoms with Gasteiger partial charge in [-0.2, -0.15) is 0 Å². The quantitative estimate of drug-likeness (QED) is 0.358. The molecule has 0 aliphatic carbocycles. The van der Waals surface area contributed by atoms with Crippen molar-refractivity contribution in [3.05, 3.63) is 95.3 Å². The predicted octanol–water partition coefficient (Wildman–Crippen LogP) is 5.01. The van der Waals surface area contributed by atoms with Crippen molar-refractivity contribution in [1.29, 1.82) is 0 Å². The Kier molecular flexibility index (Phi) is 9.88. The van der Waals surface area contributed by atoms with Crippen LogP contribution in [0.25, 0.3) is 0 Å². The molecule has 0 heterocycles. The fraction of sp³-hybridized carbons (Fsp3) is 0.286. The topological polar surface area (TPSA) is 86.8 Å². The standard InChI is InChI=1S/C28H31ClFN3O4S/c1-4-20(2)31-28(35)21(3)32(18-22-9-8-10-23(29)17-22)27(34)19-33(25-15-13-24(30)14-16-25)38(36,37)26-11-6-5-7-12-26/h5-17,20-21H,4,18-19H2,1-3H3,(H,31,35)/t20-,21+/m0/s1. The van der Waals surface area contributed by atoms with Gasteiger partial charge in [0.15, 0.2) is 0 Å². The van der Waals surface area contributed by atoms with Crippen LogP contribution < -0.4 is 9.62 Å². The summed E-state index contributed by atoms with van der Waals surface area (Å²) in [6, 6.07) is 18.4. The molecular formula is C28H31ClFN3O4S. The fourth-order valence-electron chi connectivity index (χ4n) is 3.74. The molecule has 0 saturated carbocycles. The molecule has 38 heavy (non-hydrogen) atoms. The third-order valence-electron chi connectivity index (χ3n) is 6.13. The highest BCUT2D eigenvalue weighted by Gasteiger charge is 2.32. The summed E-state index contributed by atoms with van der Waals surface area (Å²) in [5, 5.41) is 3.34. The Hall–Kier alpha value is -3.43. The maximum absolute atomic E-state index is 13.8. The van der Waals surface area contributed by atoms with Crippen LogP contribution in [0.1, 0.15) is 32.8 Å². The number of carbonyl (C=O) groups excluding carboxylic acids is 2. The molecule has 2 atom stereocenters. The molecular weight excluding hydrogens is 529 g/mol. The summed E-state index contributed by atoms with van der Waals surface area (Å²) in [5.74, 6) is -1.52. The summed E-state index contributed by atoms with van der Waals surface area (Å²) in [4.78, 5) is 28.1. The molecule has 0 fully saturated rings. The molecule has 0 aliphatic heterocycles. The van der Waals surface area contributed by atoms with Gasteiger partial charge in [0.2, 0.25) is 11.8 Å². The first-order chi connectivity index (χ1) is 18.0. The van der Waals surface area contributed by atoms with E-state index in [0.717, 1.165) is 16.4 Å². The summed E-state index contributed by atoms with van der Waals surface area (Å²) >= 11 is 6.14. The van der Waals surface area contributed by atoms with Crippen LogP contribution in [0.4, 0.5) is 10.1 Å². The average Bonchev–Trinajstić information content (AvgIpc) is 2.90. The van der Waals surface area contributed by atoms with Gasteiger partial charge in [-0.3, -0.25) is 13.9 Å². The molecule has 1 N–H and O–H groups in total. The Morgan fingerprint density at radius 3 is 2.24 bits per heavy atom. The monoisotopic (exact) mass is 559 g/mol. The number of nitrogens with one attached hydrogen (secondary N) is 1. The Labute approximate surface area is 228 Å². The summed E-state index contributed by atoms with van der Waals surface area (Å²) in [7, 11) is -4.20. The lowest BCUT2D eigenvalue weighted by Gasteiger charge is -2.32. The van der Waals surface area contributed by atoms with E-state index in [9.17, 15) is 22.4 Å². The Morgan fingerprint density at radius 2 is 1.63 bits per heavy atom. The molecule has 2 amide bonds. The van der Waals surface area contributed by atoms with Crippen molar-refractivity contribution in [3.63, 3.8) is 0 Å². The van der Waals surface area contributed by atoms with Crippen molar-refractivity contribution in [2.45, 2.75) is 50.7 Å². The van der Waals surface area contributed by atoms with E-state index in [-0.39, 0.29) is 29.1 Å². The number of carbonyl (C=O) groups is 2. The molecule has 0 aromatic heterocycles. The molecule has 7 nitrogen and oxygen atoms in total. The largest absolute Gasteiger partial charge is 0.352 e. The van der Waals surface area contributed by atoms with Crippen molar-refractivity contribution < 1.29 is 22.4 Å². The lowest BCUT2D eigenvalue weighted by molar-refractivity contribution is -0.139. The number of rotatable bonds is 11. The van der Waals surface area contributed by atoms with Gasteiger partial charge in [-0.1, -0.05) is 48.9 Å². The van der Waals surface area contributed by atoms with Crippen LogP contribution in [0.2, 0.25) is 5.02 Å². The van der Waals surface area contributed by atoms with Crippen LogP contribution in [-0.2, 0) is 26.2 Å². The fourth-order valence-corrected chi connectivity index (χ4v) is 5.38. The molecule has 0 unspecified atom stereocenters. The molecule has 0 spiro atoms. The van der Waals surface area contributed by atoms with E-state index in [1.54, 1.807) is 49.4 Å². The maximum Gasteiger partial charge on any atom is 0.264 e. The van der Waals surface area contributed by atoms with Crippen LogP contribution in [0, 0.1) is 5.82 Å². The molecule has 3 aromatic carbocycles. The summed E-state index contributed by atoms with van der Waals surface area (Å²) in [5.41, 5.74) is 0.788. The minimum atomic E-state index is -4.20. The second kappa shape index (κ2) is 12.9. The highest BCUT2D eigenvalue weighted by molar-refractivity contribution is 7.92. The van der Waals surface area contributed by atoms with Crippen LogP contribution in [0.3, 0.4) is 0 Å². The number of halogens is 2. The molecule has 0 radical (unpaired) electrons. The molecule has 0 aliphatic rings. The van der Waals surface area contributed by atoms with E-state index < -0.39 is 34.3 Å².